The van der Waals surface area contributed by atoms with Crippen LogP contribution in [0, 0.1) is 18.8 Å². The number of hydrogen-bond donors (Lipinski definition) is 1. The second-order valence-electron chi connectivity index (χ2n) is 7.03. The smallest absolute Gasteiger partial charge is 0.0489 e. The molecule has 0 aromatic heterocycles. The molecule has 1 aromatic carbocycles. The molecule has 2 aliphatic carbocycles. The van der Waals surface area contributed by atoms with Crippen molar-refractivity contribution in [3.05, 3.63) is 28.2 Å². The predicted octanol–water partition coefficient (Wildman–Crippen LogP) is 6.31. The molecule has 2 aliphatic rings. The average Bonchev–Trinajstić information content (AvgIpc) is 2.53. The number of rotatable bonds is 3. The second kappa shape index (κ2) is 7.17. The van der Waals surface area contributed by atoms with E-state index in [0.29, 0.717) is 6.04 Å². The minimum atomic E-state index is 0.681. The van der Waals surface area contributed by atoms with E-state index < -0.39 is 0 Å². The summed E-state index contributed by atoms with van der Waals surface area (Å²) < 4.78 is 1.25. The predicted molar refractivity (Wildman–Crippen MR) is 94.8 cm³/mol. The summed E-state index contributed by atoms with van der Waals surface area (Å²) in [7, 11) is 0. The van der Waals surface area contributed by atoms with Crippen LogP contribution in [0.3, 0.4) is 0 Å². The first-order valence-electron chi connectivity index (χ1n) is 8.77. The molecule has 3 rings (SSSR count). The van der Waals surface area contributed by atoms with Crippen molar-refractivity contribution >= 4 is 21.6 Å². The highest BCUT2D eigenvalue weighted by Gasteiger charge is 2.32. The minimum Gasteiger partial charge on any atom is -0.381 e. The van der Waals surface area contributed by atoms with Gasteiger partial charge in [-0.3, -0.25) is 0 Å². The molecule has 0 bridgehead atoms. The zero-order valence-corrected chi connectivity index (χ0v) is 14.8. The van der Waals surface area contributed by atoms with Gasteiger partial charge in [0, 0.05) is 16.2 Å². The Bertz CT molecular complexity index is 465. The van der Waals surface area contributed by atoms with Gasteiger partial charge < -0.3 is 5.32 Å². The van der Waals surface area contributed by atoms with E-state index in [2.05, 4.69) is 46.4 Å². The Morgan fingerprint density at radius 3 is 2.48 bits per heavy atom. The molecule has 2 unspecified atom stereocenters. The molecule has 2 heteroatoms. The molecule has 2 saturated carbocycles. The molecule has 2 fully saturated rings. The molecule has 0 amide bonds. The van der Waals surface area contributed by atoms with Crippen molar-refractivity contribution in [2.24, 2.45) is 11.8 Å². The topological polar surface area (TPSA) is 12.0 Å². The molecule has 1 N–H and O–H groups in total. The highest BCUT2D eigenvalue weighted by Crippen LogP contribution is 2.40. The SMILES string of the molecule is Cc1cccc(NC2CCCCC2C2CCCCC2)c1Br. The van der Waals surface area contributed by atoms with Gasteiger partial charge in [-0.05, 0) is 59.2 Å². The zero-order chi connectivity index (χ0) is 14.7. The molecule has 1 aromatic rings. The molecule has 116 valence electrons. The molecule has 0 saturated heterocycles. The van der Waals surface area contributed by atoms with Gasteiger partial charge in [-0.25, -0.2) is 0 Å². The van der Waals surface area contributed by atoms with Crippen LogP contribution in [0.1, 0.15) is 63.4 Å². The summed E-state index contributed by atoms with van der Waals surface area (Å²) in [6.07, 6.45) is 12.9. The molecule has 21 heavy (non-hydrogen) atoms. The van der Waals surface area contributed by atoms with Gasteiger partial charge in [0.25, 0.3) is 0 Å². The van der Waals surface area contributed by atoms with Crippen molar-refractivity contribution in [3.63, 3.8) is 0 Å². The summed E-state index contributed by atoms with van der Waals surface area (Å²) in [5.74, 6) is 1.87. The van der Waals surface area contributed by atoms with Crippen molar-refractivity contribution in [3.8, 4) is 0 Å². The van der Waals surface area contributed by atoms with Crippen molar-refractivity contribution in [1.29, 1.82) is 0 Å². The Labute approximate surface area is 138 Å². The fourth-order valence-electron chi connectivity index (χ4n) is 4.42. The highest BCUT2D eigenvalue weighted by molar-refractivity contribution is 9.10. The first-order chi connectivity index (χ1) is 10.3. The lowest BCUT2D eigenvalue weighted by molar-refractivity contribution is 0.180. The minimum absolute atomic E-state index is 0.681. The van der Waals surface area contributed by atoms with E-state index in [9.17, 15) is 0 Å². The van der Waals surface area contributed by atoms with Crippen LogP contribution in [0.25, 0.3) is 0 Å². The Balaban J connectivity index is 1.73. The number of hydrogen-bond acceptors (Lipinski definition) is 1. The van der Waals surface area contributed by atoms with Gasteiger partial charge in [0.1, 0.15) is 0 Å². The lowest BCUT2D eigenvalue weighted by atomic mass is 9.71. The van der Waals surface area contributed by atoms with Crippen LogP contribution in [0.15, 0.2) is 22.7 Å². The van der Waals surface area contributed by atoms with E-state index in [0.717, 1.165) is 11.8 Å². The molecule has 0 heterocycles. The van der Waals surface area contributed by atoms with E-state index in [1.807, 2.05) is 0 Å². The maximum Gasteiger partial charge on any atom is 0.0489 e. The van der Waals surface area contributed by atoms with Crippen LogP contribution in [-0.4, -0.2) is 6.04 Å². The quantitative estimate of drug-likeness (QED) is 0.674. The average molecular weight is 350 g/mol. The third kappa shape index (κ3) is 3.64. The maximum atomic E-state index is 3.89. The number of anilines is 1. The molecule has 0 aliphatic heterocycles. The molecule has 0 radical (unpaired) electrons. The van der Waals surface area contributed by atoms with Crippen LogP contribution in [0.4, 0.5) is 5.69 Å². The third-order valence-electron chi connectivity index (χ3n) is 5.61. The second-order valence-corrected chi connectivity index (χ2v) is 7.83. The fraction of sp³-hybridized carbons (Fsp3) is 0.684. The maximum absolute atomic E-state index is 3.89. The van der Waals surface area contributed by atoms with Gasteiger partial charge in [0.15, 0.2) is 0 Å². The number of nitrogens with one attached hydrogen (secondary N) is 1. The van der Waals surface area contributed by atoms with Crippen LogP contribution in [0.5, 0.6) is 0 Å². The van der Waals surface area contributed by atoms with Crippen molar-refractivity contribution in [2.75, 3.05) is 5.32 Å². The van der Waals surface area contributed by atoms with Crippen LogP contribution in [0.2, 0.25) is 0 Å². The Hall–Kier alpha value is -0.500. The number of aryl methyl sites for hydroxylation is 1. The van der Waals surface area contributed by atoms with Crippen LogP contribution < -0.4 is 5.32 Å². The van der Waals surface area contributed by atoms with Gasteiger partial charge in [0.05, 0.1) is 0 Å². The third-order valence-corrected chi connectivity index (χ3v) is 6.66. The van der Waals surface area contributed by atoms with Crippen LogP contribution >= 0.6 is 15.9 Å². The van der Waals surface area contributed by atoms with E-state index >= 15 is 0 Å². The fourth-order valence-corrected chi connectivity index (χ4v) is 4.80. The Kier molecular flexibility index (Phi) is 5.26. The summed E-state index contributed by atoms with van der Waals surface area (Å²) in [6.45, 7) is 2.18. The number of benzene rings is 1. The normalized spacial score (nSPS) is 27.5. The van der Waals surface area contributed by atoms with E-state index in [1.54, 1.807) is 0 Å². The van der Waals surface area contributed by atoms with E-state index in [1.165, 1.54) is 73.5 Å². The first kappa shape index (κ1) is 15.4. The highest BCUT2D eigenvalue weighted by atomic mass is 79.9. The summed E-state index contributed by atoms with van der Waals surface area (Å²) in [5, 5.41) is 3.89. The lowest BCUT2D eigenvalue weighted by Crippen LogP contribution is -2.37. The monoisotopic (exact) mass is 349 g/mol. The summed E-state index contributed by atoms with van der Waals surface area (Å²) in [4.78, 5) is 0. The van der Waals surface area contributed by atoms with Crippen molar-refractivity contribution < 1.29 is 0 Å². The van der Waals surface area contributed by atoms with Gasteiger partial charge in [0.2, 0.25) is 0 Å². The van der Waals surface area contributed by atoms with Crippen molar-refractivity contribution in [2.45, 2.75) is 70.8 Å². The van der Waals surface area contributed by atoms with E-state index in [-0.39, 0.29) is 0 Å². The molecule has 2 atom stereocenters. The molecule has 1 nitrogen and oxygen atoms in total. The molecular formula is C19H28BrN. The standard InChI is InChI=1S/C19H28BrN/c1-14-8-7-13-18(19(14)20)21-17-12-6-5-11-16(17)15-9-3-2-4-10-15/h7-8,13,15-17,21H,2-6,9-12H2,1H3. The largest absolute Gasteiger partial charge is 0.381 e. The molecular weight excluding hydrogens is 322 g/mol. The van der Waals surface area contributed by atoms with Crippen LogP contribution in [-0.2, 0) is 0 Å². The Morgan fingerprint density at radius 1 is 0.952 bits per heavy atom. The zero-order valence-electron chi connectivity index (χ0n) is 13.2. The molecule has 0 spiro atoms. The van der Waals surface area contributed by atoms with Gasteiger partial charge >= 0.3 is 0 Å². The van der Waals surface area contributed by atoms with Gasteiger partial charge in [-0.1, -0.05) is 57.1 Å². The summed E-state index contributed by atoms with van der Waals surface area (Å²) in [5.41, 5.74) is 2.62. The summed E-state index contributed by atoms with van der Waals surface area (Å²) >= 11 is 3.76. The van der Waals surface area contributed by atoms with Gasteiger partial charge in [-0.15, -0.1) is 0 Å². The Morgan fingerprint density at radius 2 is 1.67 bits per heavy atom. The van der Waals surface area contributed by atoms with Gasteiger partial charge in [-0.2, -0.15) is 0 Å². The van der Waals surface area contributed by atoms with E-state index in [4.69, 9.17) is 0 Å². The van der Waals surface area contributed by atoms with Crippen molar-refractivity contribution in [1.82, 2.24) is 0 Å². The first-order valence-corrected chi connectivity index (χ1v) is 9.56. The lowest BCUT2D eigenvalue weighted by Gasteiger charge is -2.40. The number of halogens is 1. The summed E-state index contributed by atoms with van der Waals surface area (Å²) in [6, 6.07) is 7.25.